The van der Waals surface area contributed by atoms with Crippen LogP contribution in [0.4, 0.5) is 8.78 Å². The molecule has 1 aliphatic carbocycles. The van der Waals surface area contributed by atoms with Gasteiger partial charge in [0.1, 0.15) is 0 Å². The quantitative estimate of drug-likeness (QED) is 0.916. The van der Waals surface area contributed by atoms with Gasteiger partial charge >= 0.3 is 5.97 Å². The van der Waals surface area contributed by atoms with Crippen molar-refractivity contribution in [3.05, 3.63) is 35.4 Å². The molecule has 1 saturated heterocycles. The molecule has 0 spiro atoms. The predicted molar refractivity (Wildman–Crippen MR) is 71.2 cm³/mol. The molecular weight excluding hydrogens is 296 g/mol. The molecule has 1 aliphatic heterocycles. The smallest absolute Gasteiger partial charge is 0.328 e. The highest BCUT2D eigenvalue weighted by Crippen LogP contribution is 2.49. The maximum Gasteiger partial charge on any atom is 0.328 e. The van der Waals surface area contributed by atoms with Crippen LogP contribution < -0.4 is 0 Å². The second-order valence-corrected chi connectivity index (χ2v) is 5.55. The van der Waals surface area contributed by atoms with E-state index in [1.54, 1.807) is 0 Å². The Balaban J connectivity index is 1.74. The van der Waals surface area contributed by atoms with Gasteiger partial charge in [-0.15, -0.1) is 0 Å². The van der Waals surface area contributed by atoms with Crippen molar-refractivity contribution in [2.45, 2.75) is 18.4 Å². The van der Waals surface area contributed by atoms with Crippen molar-refractivity contribution < 1.29 is 28.2 Å². The van der Waals surface area contributed by atoms with E-state index in [0.29, 0.717) is 6.42 Å². The van der Waals surface area contributed by atoms with Crippen LogP contribution in [-0.4, -0.2) is 47.7 Å². The van der Waals surface area contributed by atoms with Gasteiger partial charge in [-0.1, -0.05) is 12.1 Å². The minimum Gasteiger partial charge on any atom is -0.480 e. The zero-order valence-electron chi connectivity index (χ0n) is 11.7. The zero-order chi connectivity index (χ0) is 15.9. The average molecular weight is 311 g/mol. The standard InChI is InChI=1S/C15H15F2NO4/c16-11-3-1-2-8(13(11)17)9-6-10(9)14(19)18-4-5-22-7-12(18)15(20)21/h1-3,9-10,12H,4-7H2,(H,20,21)/t9-,10+,12-/m0/s1. The van der Waals surface area contributed by atoms with Gasteiger partial charge in [0.25, 0.3) is 0 Å². The van der Waals surface area contributed by atoms with Crippen molar-refractivity contribution in [1.82, 2.24) is 4.90 Å². The van der Waals surface area contributed by atoms with Crippen molar-refractivity contribution in [2.24, 2.45) is 5.92 Å². The second kappa shape index (κ2) is 5.64. The van der Waals surface area contributed by atoms with E-state index >= 15 is 0 Å². The fourth-order valence-electron chi connectivity index (χ4n) is 2.90. The van der Waals surface area contributed by atoms with Gasteiger partial charge in [-0.05, 0) is 24.0 Å². The molecule has 1 amide bonds. The van der Waals surface area contributed by atoms with Crippen LogP contribution in [0.3, 0.4) is 0 Å². The third kappa shape index (κ3) is 2.56. The van der Waals surface area contributed by atoms with E-state index in [0.717, 1.165) is 6.07 Å². The summed E-state index contributed by atoms with van der Waals surface area (Å²) in [6.07, 6.45) is 0.406. The number of ether oxygens (including phenoxy) is 1. The Kier molecular flexibility index (Phi) is 3.82. The molecule has 3 atom stereocenters. The molecule has 2 aliphatic rings. The summed E-state index contributed by atoms with van der Waals surface area (Å²) >= 11 is 0. The van der Waals surface area contributed by atoms with E-state index in [-0.39, 0.29) is 37.1 Å². The highest BCUT2D eigenvalue weighted by molar-refractivity contribution is 5.88. The average Bonchev–Trinajstić information content (AvgIpc) is 3.29. The lowest BCUT2D eigenvalue weighted by atomic mass is 10.1. The first-order chi connectivity index (χ1) is 10.5. The maximum absolute atomic E-state index is 13.8. The number of hydrogen-bond donors (Lipinski definition) is 1. The molecule has 3 rings (SSSR count). The molecule has 0 aromatic heterocycles. The number of morpholine rings is 1. The SMILES string of the molecule is O=C(O)[C@@H]1COCCN1C(=O)[C@@H]1C[C@H]1c1cccc(F)c1F. The number of aliphatic carboxylic acids is 1. The van der Waals surface area contributed by atoms with Crippen molar-refractivity contribution in [2.75, 3.05) is 19.8 Å². The minimum absolute atomic E-state index is 0.0488. The Morgan fingerprint density at radius 3 is 2.82 bits per heavy atom. The lowest BCUT2D eigenvalue weighted by Crippen LogP contribution is -2.53. The summed E-state index contributed by atoms with van der Waals surface area (Å²) in [6.45, 7) is 0.429. The molecule has 1 aromatic carbocycles. The number of benzene rings is 1. The fourth-order valence-corrected chi connectivity index (χ4v) is 2.90. The third-order valence-electron chi connectivity index (χ3n) is 4.19. The van der Waals surface area contributed by atoms with E-state index in [9.17, 15) is 18.4 Å². The number of carboxylic acid groups (broad SMARTS) is 1. The Bertz CT molecular complexity index is 622. The van der Waals surface area contributed by atoms with E-state index in [4.69, 9.17) is 9.84 Å². The predicted octanol–water partition coefficient (Wildman–Crippen LogP) is 1.38. The van der Waals surface area contributed by atoms with Crippen LogP contribution >= 0.6 is 0 Å². The van der Waals surface area contributed by atoms with E-state index in [2.05, 4.69) is 0 Å². The number of carbonyl (C=O) groups is 2. The van der Waals surface area contributed by atoms with Gasteiger partial charge in [0.2, 0.25) is 5.91 Å². The van der Waals surface area contributed by atoms with Gasteiger partial charge in [-0.2, -0.15) is 0 Å². The zero-order valence-corrected chi connectivity index (χ0v) is 11.7. The number of rotatable bonds is 3. The van der Waals surface area contributed by atoms with Crippen molar-refractivity contribution in [1.29, 1.82) is 0 Å². The van der Waals surface area contributed by atoms with Crippen LogP contribution in [0.5, 0.6) is 0 Å². The van der Waals surface area contributed by atoms with Gasteiger partial charge in [0, 0.05) is 12.5 Å². The first kappa shape index (κ1) is 14.9. The molecule has 118 valence electrons. The molecule has 0 bridgehead atoms. The first-order valence-corrected chi connectivity index (χ1v) is 7.05. The Morgan fingerprint density at radius 1 is 1.32 bits per heavy atom. The number of hydrogen-bond acceptors (Lipinski definition) is 3. The molecule has 0 unspecified atom stereocenters. The summed E-state index contributed by atoms with van der Waals surface area (Å²) in [5.41, 5.74) is 0.179. The van der Waals surface area contributed by atoms with Gasteiger partial charge in [0.05, 0.1) is 13.2 Å². The summed E-state index contributed by atoms with van der Waals surface area (Å²) in [5, 5.41) is 9.14. The summed E-state index contributed by atoms with van der Waals surface area (Å²) < 4.78 is 32.1. The molecule has 22 heavy (non-hydrogen) atoms. The van der Waals surface area contributed by atoms with E-state index < -0.39 is 29.6 Å². The van der Waals surface area contributed by atoms with Crippen LogP contribution in [0.1, 0.15) is 17.9 Å². The summed E-state index contributed by atoms with van der Waals surface area (Å²) in [6, 6.07) is 2.88. The molecule has 5 nitrogen and oxygen atoms in total. The Labute approximate surface area is 125 Å². The highest BCUT2D eigenvalue weighted by Gasteiger charge is 2.49. The third-order valence-corrected chi connectivity index (χ3v) is 4.19. The minimum atomic E-state index is -1.12. The van der Waals surface area contributed by atoms with Crippen molar-refractivity contribution in [3.8, 4) is 0 Å². The van der Waals surface area contributed by atoms with Gasteiger partial charge in [-0.3, -0.25) is 4.79 Å². The lowest BCUT2D eigenvalue weighted by Gasteiger charge is -2.33. The van der Waals surface area contributed by atoms with Crippen LogP contribution in [-0.2, 0) is 14.3 Å². The van der Waals surface area contributed by atoms with Gasteiger partial charge in [0.15, 0.2) is 17.7 Å². The summed E-state index contributed by atoms with van der Waals surface area (Å²) in [7, 11) is 0. The normalized spacial score (nSPS) is 27.5. The second-order valence-electron chi connectivity index (χ2n) is 5.55. The molecule has 1 saturated carbocycles. The number of nitrogens with zero attached hydrogens (tertiary/aromatic N) is 1. The monoisotopic (exact) mass is 311 g/mol. The summed E-state index contributed by atoms with van der Waals surface area (Å²) in [4.78, 5) is 24.9. The highest BCUT2D eigenvalue weighted by atomic mass is 19.2. The van der Waals surface area contributed by atoms with Crippen LogP contribution in [0.15, 0.2) is 18.2 Å². The topological polar surface area (TPSA) is 66.8 Å². The molecule has 7 heteroatoms. The van der Waals surface area contributed by atoms with E-state index in [1.165, 1.54) is 17.0 Å². The van der Waals surface area contributed by atoms with Gasteiger partial charge < -0.3 is 14.7 Å². The molecule has 2 fully saturated rings. The van der Waals surface area contributed by atoms with Gasteiger partial charge in [-0.25, -0.2) is 13.6 Å². The van der Waals surface area contributed by atoms with Crippen molar-refractivity contribution >= 4 is 11.9 Å². The molecule has 1 heterocycles. The molecule has 1 aromatic rings. The Morgan fingerprint density at radius 2 is 2.09 bits per heavy atom. The number of amides is 1. The van der Waals surface area contributed by atoms with Crippen LogP contribution in [0.25, 0.3) is 0 Å². The van der Waals surface area contributed by atoms with Crippen molar-refractivity contribution in [3.63, 3.8) is 0 Å². The molecule has 1 N–H and O–H groups in total. The van der Waals surface area contributed by atoms with Crippen LogP contribution in [0.2, 0.25) is 0 Å². The largest absolute Gasteiger partial charge is 0.480 e. The van der Waals surface area contributed by atoms with E-state index in [1.807, 2.05) is 0 Å². The number of halogens is 2. The molecular formula is C15H15F2NO4. The Hall–Kier alpha value is -2.02. The molecule has 0 radical (unpaired) electrons. The lowest BCUT2D eigenvalue weighted by molar-refractivity contribution is -0.158. The number of carbonyl (C=O) groups excluding carboxylic acids is 1. The summed E-state index contributed by atoms with van der Waals surface area (Å²) in [5.74, 6) is -4.20. The number of carboxylic acids is 1. The maximum atomic E-state index is 13.8. The fraction of sp³-hybridized carbons (Fsp3) is 0.467. The van der Waals surface area contributed by atoms with Crippen LogP contribution in [0, 0.1) is 17.6 Å². The first-order valence-electron chi connectivity index (χ1n) is 7.05.